The zero-order valence-electron chi connectivity index (χ0n) is 17.8. The van der Waals surface area contributed by atoms with Gasteiger partial charge in [-0.3, -0.25) is 0 Å². The third-order valence-corrected chi connectivity index (χ3v) is 4.84. The predicted molar refractivity (Wildman–Crippen MR) is 121 cm³/mol. The zero-order valence-corrected chi connectivity index (χ0v) is 17.8. The molecule has 6 nitrogen and oxygen atoms in total. The molecule has 0 saturated carbocycles. The Morgan fingerprint density at radius 1 is 1.07 bits per heavy atom. The van der Waals surface area contributed by atoms with Crippen molar-refractivity contribution in [1.82, 2.24) is 9.97 Å². The van der Waals surface area contributed by atoms with Gasteiger partial charge in [0.15, 0.2) is 0 Å². The first kappa shape index (κ1) is 22.0. The largest absolute Gasteiger partial charge is 0.491 e. The van der Waals surface area contributed by atoms with Crippen LogP contribution in [-0.4, -0.2) is 48.0 Å². The van der Waals surface area contributed by atoms with Gasteiger partial charge in [0.25, 0.3) is 0 Å². The SMILES string of the molecule is CCCOCCCCC(O)COc1ccc2nc(-c3ccc(NC)nc3)ccc2c1. The van der Waals surface area contributed by atoms with E-state index in [4.69, 9.17) is 14.5 Å². The Balaban J connectivity index is 1.52. The van der Waals surface area contributed by atoms with E-state index in [1.54, 1.807) is 0 Å². The lowest BCUT2D eigenvalue weighted by molar-refractivity contribution is 0.0901. The lowest BCUT2D eigenvalue weighted by atomic mass is 10.1. The molecular weight excluding hydrogens is 378 g/mol. The van der Waals surface area contributed by atoms with Crippen LogP contribution in [-0.2, 0) is 4.74 Å². The first-order valence-corrected chi connectivity index (χ1v) is 10.6. The Kier molecular flexibility index (Phi) is 8.41. The van der Waals surface area contributed by atoms with Crippen LogP contribution in [0.25, 0.3) is 22.2 Å². The average molecular weight is 410 g/mol. The lowest BCUT2D eigenvalue weighted by Gasteiger charge is -2.13. The summed E-state index contributed by atoms with van der Waals surface area (Å²) in [5, 5.41) is 14.2. The van der Waals surface area contributed by atoms with E-state index < -0.39 is 6.10 Å². The highest BCUT2D eigenvalue weighted by molar-refractivity contribution is 5.82. The number of aliphatic hydroxyl groups is 1. The van der Waals surface area contributed by atoms with Crippen molar-refractivity contribution in [3.63, 3.8) is 0 Å². The van der Waals surface area contributed by atoms with Crippen molar-refractivity contribution in [2.45, 2.75) is 38.7 Å². The number of pyridine rings is 2. The molecule has 1 aromatic carbocycles. The maximum Gasteiger partial charge on any atom is 0.125 e. The second-order valence-electron chi connectivity index (χ2n) is 7.31. The molecule has 0 amide bonds. The maximum atomic E-state index is 10.1. The van der Waals surface area contributed by atoms with Gasteiger partial charge in [-0.15, -0.1) is 0 Å². The van der Waals surface area contributed by atoms with E-state index in [-0.39, 0.29) is 6.61 Å². The number of benzene rings is 1. The molecule has 0 aliphatic rings. The molecule has 1 unspecified atom stereocenters. The number of aliphatic hydroxyl groups excluding tert-OH is 1. The second-order valence-corrected chi connectivity index (χ2v) is 7.31. The van der Waals surface area contributed by atoms with Gasteiger partial charge in [0.2, 0.25) is 0 Å². The van der Waals surface area contributed by atoms with E-state index in [9.17, 15) is 5.11 Å². The molecule has 0 aliphatic carbocycles. The van der Waals surface area contributed by atoms with E-state index in [1.807, 2.05) is 55.7 Å². The van der Waals surface area contributed by atoms with E-state index >= 15 is 0 Å². The molecule has 2 heterocycles. The Morgan fingerprint density at radius 2 is 1.97 bits per heavy atom. The summed E-state index contributed by atoms with van der Waals surface area (Å²) < 4.78 is 11.2. The fourth-order valence-corrected chi connectivity index (χ4v) is 3.15. The summed E-state index contributed by atoms with van der Waals surface area (Å²) in [6.45, 7) is 3.96. The molecule has 0 bridgehead atoms. The van der Waals surface area contributed by atoms with Crippen molar-refractivity contribution in [2.75, 3.05) is 32.2 Å². The standard InChI is InChI=1S/C24H31N3O3/c1-3-13-29-14-5-4-6-20(28)17-30-21-9-11-22-18(15-21)7-10-23(27-22)19-8-12-24(25-2)26-16-19/h7-12,15-16,20,28H,3-6,13-14,17H2,1-2H3,(H,25,26). The number of nitrogens with one attached hydrogen (secondary N) is 1. The van der Waals surface area contributed by atoms with Crippen LogP contribution in [0.3, 0.4) is 0 Å². The van der Waals surface area contributed by atoms with E-state index in [0.717, 1.165) is 66.2 Å². The van der Waals surface area contributed by atoms with Gasteiger partial charge in [0.1, 0.15) is 18.2 Å². The van der Waals surface area contributed by atoms with Crippen LogP contribution in [0, 0.1) is 0 Å². The number of unbranched alkanes of at least 4 members (excludes halogenated alkanes) is 1. The quantitative estimate of drug-likeness (QED) is 0.423. The first-order chi connectivity index (χ1) is 14.7. The van der Waals surface area contributed by atoms with Gasteiger partial charge in [-0.05, 0) is 62.1 Å². The molecule has 3 aromatic rings. The van der Waals surface area contributed by atoms with Crippen LogP contribution in [0.2, 0.25) is 0 Å². The maximum absolute atomic E-state index is 10.1. The van der Waals surface area contributed by atoms with Gasteiger partial charge < -0.3 is 19.9 Å². The van der Waals surface area contributed by atoms with Crippen molar-refractivity contribution >= 4 is 16.7 Å². The minimum Gasteiger partial charge on any atom is -0.491 e. The zero-order chi connectivity index (χ0) is 21.2. The summed E-state index contributed by atoms with van der Waals surface area (Å²) in [5.74, 6) is 1.57. The summed E-state index contributed by atoms with van der Waals surface area (Å²) in [6.07, 6.45) is 5.00. The fourth-order valence-electron chi connectivity index (χ4n) is 3.15. The van der Waals surface area contributed by atoms with Gasteiger partial charge in [-0.2, -0.15) is 0 Å². The molecule has 0 fully saturated rings. The van der Waals surface area contributed by atoms with Gasteiger partial charge >= 0.3 is 0 Å². The Hall–Kier alpha value is -2.70. The van der Waals surface area contributed by atoms with Crippen molar-refractivity contribution < 1.29 is 14.6 Å². The van der Waals surface area contributed by atoms with Crippen molar-refractivity contribution in [2.24, 2.45) is 0 Å². The van der Waals surface area contributed by atoms with Crippen LogP contribution < -0.4 is 10.1 Å². The summed E-state index contributed by atoms with van der Waals surface area (Å²) in [4.78, 5) is 9.08. The van der Waals surface area contributed by atoms with Gasteiger partial charge in [-0.25, -0.2) is 9.97 Å². The highest BCUT2D eigenvalue weighted by atomic mass is 16.5. The number of rotatable bonds is 12. The minimum atomic E-state index is -0.472. The number of ether oxygens (including phenoxy) is 2. The molecule has 2 aromatic heterocycles. The second kappa shape index (κ2) is 11.5. The minimum absolute atomic E-state index is 0.288. The first-order valence-electron chi connectivity index (χ1n) is 10.6. The fraction of sp³-hybridized carbons (Fsp3) is 0.417. The van der Waals surface area contributed by atoms with E-state index in [1.165, 1.54) is 0 Å². The van der Waals surface area contributed by atoms with Crippen LogP contribution in [0.5, 0.6) is 5.75 Å². The topological polar surface area (TPSA) is 76.5 Å². The van der Waals surface area contributed by atoms with Gasteiger partial charge in [-0.1, -0.05) is 13.0 Å². The molecule has 6 heteroatoms. The molecule has 30 heavy (non-hydrogen) atoms. The molecule has 2 N–H and O–H groups in total. The number of hydrogen-bond donors (Lipinski definition) is 2. The smallest absolute Gasteiger partial charge is 0.125 e. The Bertz CT molecular complexity index is 915. The van der Waals surface area contributed by atoms with Crippen LogP contribution in [0.15, 0.2) is 48.7 Å². The molecule has 0 spiro atoms. The van der Waals surface area contributed by atoms with E-state index in [0.29, 0.717) is 6.42 Å². The van der Waals surface area contributed by atoms with Crippen LogP contribution >= 0.6 is 0 Å². The number of aromatic nitrogens is 2. The van der Waals surface area contributed by atoms with Crippen LogP contribution in [0.1, 0.15) is 32.6 Å². The summed E-state index contributed by atoms with van der Waals surface area (Å²) >= 11 is 0. The summed E-state index contributed by atoms with van der Waals surface area (Å²) in [6, 6.07) is 13.7. The third kappa shape index (κ3) is 6.40. The molecule has 3 rings (SSSR count). The normalized spacial score (nSPS) is 12.1. The number of anilines is 1. The molecular formula is C24H31N3O3. The van der Waals surface area contributed by atoms with Crippen molar-refractivity contribution in [1.29, 1.82) is 0 Å². The molecule has 0 aliphatic heterocycles. The number of hydrogen-bond acceptors (Lipinski definition) is 6. The summed E-state index contributed by atoms with van der Waals surface area (Å²) in [5.41, 5.74) is 2.74. The van der Waals surface area contributed by atoms with Gasteiger partial charge in [0.05, 0.1) is 17.3 Å². The molecule has 160 valence electrons. The third-order valence-electron chi connectivity index (χ3n) is 4.84. The molecule has 1 atom stereocenters. The summed E-state index contributed by atoms with van der Waals surface area (Å²) in [7, 11) is 1.85. The van der Waals surface area contributed by atoms with Crippen LogP contribution in [0.4, 0.5) is 5.82 Å². The van der Waals surface area contributed by atoms with Crippen molar-refractivity contribution in [3.05, 3.63) is 48.7 Å². The highest BCUT2D eigenvalue weighted by Gasteiger charge is 2.07. The highest BCUT2D eigenvalue weighted by Crippen LogP contribution is 2.24. The molecule has 0 radical (unpaired) electrons. The monoisotopic (exact) mass is 409 g/mol. The number of nitrogens with zero attached hydrogens (tertiary/aromatic N) is 2. The van der Waals surface area contributed by atoms with E-state index in [2.05, 4.69) is 17.2 Å². The van der Waals surface area contributed by atoms with Crippen molar-refractivity contribution in [3.8, 4) is 17.0 Å². The predicted octanol–water partition coefficient (Wildman–Crippen LogP) is 4.68. The molecule has 0 saturated heterocycles. The van der Waals surface area contributed by atoms with Gasteiger partial charge in [0, 0.05) is 37.4 Å². The Labute approximate surface area is 178 Å². The number of fused-ring (bicyclic) bond motifs is 1. The average Bonchev–Trinajstić information content (AvgIpc) is 2.79. The Morgan fingerprint density at radius 3 is 2.73 bits per heavy atom. The lowest BCUT2D eigenvalue weighted by Crippen LogP contribution is -2.17.